The Morgan fingerprint density at radius 1 is 0.865 bits per heavy atom. The molecule has 4 aromatic rings. The fraction of sp³-hybridized carbons (Fsp3) is 0.161. The van der Waals surface area contributed by atoms with Crippen molar-refractivity contribution < 1.29 is 19.1 Å². The van der Waals surface area contributed by atoms with Crippen LogP contribution in [0.3, 0.4) is 0 Å². The van der Waals surface area contributed by atoms with Crippen LogP contribution in [0.1, 0.15) is 23.5 Å². The Kier molecular flexibility index (Phi) is 7.46. The minimum Gasteiger partial charge on any atom is -0.494 e. The zero-order valence-electron chi connectivity index (χ0n) is 20.4. The molecular formula is C31H28N2O4. The van der Waals surface area contributed by atoms with E-state index >= 15 is 0 Å². The minimum atomic E-state index is -0.470. The number of nitrogens with zero attached hydrogens (tertiary/aromatic N) is 1. The van der Waals surface area contributed by atoms with Crippen molar-refractivity contribution in [1.29, 1.82) is 0 Å². The van der Waals surface area contributed by atoms with Gasteiger partial charge in [-0.05, 0) is 47.9 Å². The van der Waals surface area contributed by atoms with E-state index in [-0.39, 0.29) is 18.4 Å². The van der Waals surface area contributed by atoms with Crippen molar-refractivity contribution in [3.8, 4) is 11.5 Å². The van der Waals surface area contributed by atoms with Crippen LogP contribution in [0.15, 0.2) is 109 Å². The maximum absolute atomic E-state index is 13.5. The molecule has 1 N–H and O–H groups in total. The van der Waals surface area contributed by atoms with Crippen LogP contribution in [0.4, 0.5) is 11.4 Å². The number of ether oxygens (including phenoxy) is 2. The van der Waals surface area contributed by atoms with E-state index in [4.69, 9.17) is 9.47 Å². The largest absolute Gasteiger partial charge is 0.494 e. The van der Waals surface area contributed by atoms with Gasteiger partial charge in [0.1, 0.15) is 11.5 Å². The van der Waals surface area contributed by atoms with Crippen LogP contribution < -0.4 is 19.7 Å². The average molecular weight is 493 g/mol. The van der Waals surface area contributed by atoms with Crippen LogP contribution >= 0.6 is 0 Å². The molecule has 0 radical (unpaired) electrons. The van der Waals surface area contributed by atoms with Gasteiger partial charge in [0, 0.05) is 12.2 Å². The van der Waals surface area contributed by atoms with Crippen LogP contribution in [0.5, 0.6) is 11.5 Å². The highest BCUT2D eigenvalue weighted by Crippen LogP contribution is 2.35. The number of benzene rings is 4. The highest BCUT2D eigenvalue weighted by Gasteiger charge is 2.27. The van der Waals surface area contributed by atoms with Gasteiger partial charge >= 0.3 is 0 Å². The SMILES string of the molecule is O=C(Nc1ccc2c(c1)N(CCCOc1ccccc1)C(=O)CO2)C(c1ccccc1)c1ccccc1. The van der Waals surface area contributed by atoms with E-state index in [1.807, 2.05) is 91.0 Å². The summed E-state index contributed by atoms with van der Waals surface area (Å²) in [4.78, 5) is 27.9. The van der Waals surface area contributed by atoms with Crippen LogP contribution in [-0.4, -0.2) is 31.6 Å². The number of para-hydroxylation sites is 1. The third-order valence-electron chi connectivity index (χ3n) is 6.24. The average Bonchev–Trinajstić information content (AvgIpc) is 2.94. The summed E-state index contributed by atoms with van der Waals surface area (Å²) in [7, 11) is 0. The van der Waals surface area contributed by atoms with Crippen molar-refractivity contribution in [1.82, 2.24) is 0 Å². The first-order valence-corrected chi connectivity index (χ1v) is 12.3. The van der Waals surface area contributed by atoms with Crippen molar-refractivity contribution >= 4 is 23.2 Å². The molecule has 1 heterocycles. The standard InChI is InChI=1S/C31H28N2O4/c34-29-22-37-28-18-17-25(21-27(28)33(29)19-10-20-36-26-15-8-3-9-16-26)32-31(35)30(23-11-4-1-5-12-23)24-13-6-2-7-14-24/h1-9,11-18,21,30H,10,19-20,22H2,(H,32,35). The molecule has 0 saturated carbocycles. The summed E-state index contributed by atoms with van der Waals surface area (Å²) in [6.45, 7) is 0.953. The number of anilines is 2. The number of amides is 2. The van der Waals surface area contributed by atoms with Gasteiger partial charge in [0.15, 0.2) is 6.61 Å². The third kappa shape index (κ3) is 5.81. The monoisotopic (exact) mass is 492 g/mol. The smallest absolute Gasteiger partial charge is 0.265 e. The second-order valence-corrected chi connectivity index (χ2v) is 8.78. The predicted octanol–water partition coefficient (Wildman–Crippen LogP) is 5.65. The molecule has 37 heavy (non-hydrogen) atoms. The summed E-state index contributed by atoms with van der Waals surface area (Å²) in [5.41, 5.74) is 3.06. The van der Waals surface area contributed by atoms with Gasteiger partial charge in [0.25, 0.3) is 5.91 Å². The van der Waals surface area contributed by atoms with E-state index in [2.05, 4.69) is 5.32 Å². The second-order valence-electron chi connectivity index (χ2n) is 8.78. The van der Waals surface area contributed by atoms with E-state index in [0.29, 0.717) is 36.7 Å². The first-order valence-electron chi connectivity index (χ1n) is 12.3. The molecule has 0 spiro atoms. The maximum atomic E-state index is 13.5. The molecular weight excluding hydrogens is 464 g/mol. The van der Waals surface area contributed by atoms with Gasteiger partial charge in [-0.2, -0.15) is 0 Å². The molecule has 6 heteroatoms. The number of carbonyl (C=O) groups excluding carboxylic acids is 2. The van der Waals surface area contributed by atoms with E-state index in [1.165, 1.54) is 0 Å². The Balaban J connectivity index is 1.32. The molecule has 1 aliphatic rings. The molecule has 0 aromatic heterocycles. The highest BCUT2D eigenvalue weighted by atomic mass is 16.5. The number of nitrogens with one attached hydrogen (secondary N) is 1. The molecule has 2 amide bonds. The first kappa shape index (κ1) is 24.1. The molecule has 186 valence electrons. The zero-order valence-corrected chi connectivity index (χ0v) is 20.4. The summed E-state index contributed by atoms with van der Waals surface area (Å²) in [6, 6.07) is 34.4. The van der Waals surface area contributed by atoms with Gasteiger partial charge in [-0.15, -0.1) is 0 Å². The van der Waals surface area contributed by atoms with E-state index in [0.717, 1.165) is 16.9 Å². The van der Waals surface area contributed by atoms with Crippen molar-refractivity contribution in [2.75, 3.05) is 30.0 Å². The van der Waals surface area contributed by atoms with Gasteiger partial charge in [-0.25, -0.2) is 0 Å². The quantitative estimate of drug-likeness (QED) is 0.307. The lowest BCUT2D eigenvalue weighted by Gasteiger charge is -2.30. The van der Waals surface area contributed by atoms with Gasteiger partial charge in [-0.1, -0.05) is 78.9 Å². The number of rotatable bonds is 9. The van der Waals surface area contributed by atoms with Crippen LogP contribution in [0.25, 0.3) is 0 Å². The van der Waals surface area contributed by atoms with Crippen molar-refractivity contribution in [2.24, 2.45) is 0 Å². The Morgan fingerprint density at radius 3 is 2.14 bits per heavy atom. The zero-order chi connectivity index (χ0) is 25.5. The molecule has 0 aliphatic carbocycles. The number of fused-ring (bicyclic) bond motifs is 1. The Labute approximate surface area is 216 Å². The van der Waals surface area contributed by atoms with Crippen molar-refractivity contribution in [2.45, 2.75) is 12.3 Å². The van der Waals surface area contributed by atoms with Crippen LogP contribution in [-0.2, 0) is 9.59 Å². The molecule has 6 nitrogen and oxygen atoms in total. The van der Waals surface area contributed by atoms with E-state index < -0.39 is 5.92 Å². The molecule has 0 saturated heterocycles. The lowest BCUT2D eigenvalue weighted by atomic mass is 9.90. The van der Waals surface area contributed by atoms with Crippen molar-refractivity contribution in [3.05, 3.63) is 120 Å². The van der Waals surface area contributed by atoms with Gasteiger partial charge < -0.3 is 19.7 Å². The normalized spacial score (nSPS) is 12.6. The number of hydrogen-bond acceptors (Lipinski definition) is 4. The summed E-state index contributed by atoms with van der Waals surface area (Å²) in [6.07, 6.45) is 0.654. The number of carbonyl (C=O) groups is 2. The Bertz CT molecular complexity index is 1300. The Hall–Kier alpha value is -4.58. The van der Waals surface area contributed by atoms with Gasteiger partial charge in [0.2, 0.25) is 5.91 Å². The molecule has 5 rings (SSSR count). The first-order chi connectivity index (χ1) is 18.2. The second kappa shape index (κ2) is 11.4. The van der Waals surface area contributed by atoms with Gasteiger partial charge in [-0.3, -0.25) is 9.59 Å². The lowest BCUT2D eigenvalue weighted by molar-refractivity contribution is -0.121. The van der Waals surface area contributed by atoms with E-state index in [1.54, 1.807) is 23.1 Å². The minimum absolute atomic E-state index is 0.0116. The fourth-order valence-corrected chi connectivity index (χ4v) is 4.46. The summed E-state index contributed by atoms with van der Waals surface area (Å²) in [5.74, 6) is 0.671. The molecule has 0 fully saturated rings. The molecule has 1 aliphatic heterocycles. The van der Waals surface area contributed by atoms with Crippen molar-refractivity contribution in [3.63, 3.8) is 0 Å². The third-order valence-corrected chi connectivity index (χ3v) is 6.24. The Morgan fingerprint density at radius 2 is 1.49 bits per heavy atom. The molecule has 0 atom stereocenters. The summed E-state index contributed by atoms with van der Waals surface area (Å²) in [5, 5.41) is 3.06. The van der Waals surface area contributed by atoms with Gasteiger partial charge in [0.05, 0.1) is 18.2 Å². The molecule has 4 aromatic carbocycles. The molecule has 0 bridgehead atoms. The summed E-state index contributed by atoms with van der Waals surface area (Å²) >= 11 is 0. The number of hydrogen-bond donors (Lipinski definition) is 1. The molecule has 0 unspecified atom stereocenters. The fourth-order valence-electron chi connectivity index (χ4n) is 4.46. The predicted molar refractivity (Wildman–Crippen MR) is 144 cm³/mol. The summed E-state index contributed by atoms with van der Waals surface area (Å²) < 4.78 is 11.4. The van der Waals surface area contributed by atoms with E-state index in [9.17, 15) is 9.59 Å². The maximum Gasteiger partial charge on any atom is 0.265 e. The topological polar surface area (TPSA) is 67.9 Å². The van der Waals surface area contributed by atoms with Crippen LogP contribution in [0.2, 0.25) is 0 Å². The van der Waals surface area contributed by atoms with Crippen LogP contribution in [0, 0.1) is 0 Å². The lowest BCUT2D eigenvalue weighted by Crippen LogP contribution is -2.40. The highest BCUT2D eigenvalue weighted by molar-refractivity contribution is 6.01.